The second-order valence-corrected chi connectivity index (χ2v) is 4.62. The van der Waals surface area contributed by atoms with Crippen LogP contribution in [0.3, 0.4) is 0 Å². The van der Waals surface area contributed by atoms with Crippen LogP contribution in [0.25, 0.3) is 0 Å². The Morgan fingerprint density at radius 2 is 2.12 bits per heavy atom. The molecule has 1 N–H and O–H groups in total. The van der Waals surface area contributed by atoms with Gasteiger partial charge in [-0.2, -0.15) is 0 Å². The van der Waals surface area contributed by atoms with Crippen molar-refractivity contribution in [2.45, 2.75) is 6.61 Å². The summed E-state index contributed by atoms with van der Waals surface area (Å²) in [5.74, 6) is -0.600. The number of halogens is 1. The SMILES string of the molecule is O=C(O)c1sccc1OCc1ccccc1Cl. The summed E-state index contributed by atoms with van der Waals surface area (Å²) in [6.07, 6.45) is 0. The van der Waals surface area contributed by atoms with Crippen molar-refractivity contribution < 1.29 is 14.6 Å². The van der Waals surface area contributed by atoms with Gasteiger partial charge in [0, 0.05) is 10.6 Å². The molecule has 3 nitrogen and oxygen atoms in total. The van der Waals surface area contributed by atoms with E-state index in [-0.39, 0.29) is 11.5 Å². The fourth-order valence-electron chi connectivity index (χ4n) is 1.34. The number of thiophene rings is 1. The quantitative estimate of drug-likeness (QED) is 0.920. The maximum Gasteiger partial charge on any atom is 0.349 e. The molecule has 2 aromatic rings. The Morgan fingerprint density at radius 3 is 2.82 bits per heavy atom. The fourth-order valence-corrected chi connectivity index (χ4v) is 2.20. The molecule has 5 heteroatoms. The molecule has 17 heavy (non-hydrogen) atoms. The Hall–Kier alpha value is -1.52. The molecule has 0 radical (unpaired) electrons. The standard InChI is InChI=1S/C12H9ClO3S/c13-9-4-2-1-3-8(9)7-16-10-5-6-17-11(10)12(14)15/h1-6H,7H2,(H,14,15). The zero-order valence-corrected chi connectivity index (χ0v) is 10.3. The number of carboxylic acids is 1. The third-order valence-electron chi connectivity index (χ3n) is 2.16. The molecule has 1 heterocycles. The van der Waals surface area contributed by atoms with E-state index in [0.717, 1.165) is 16.9 Å². The molecule has 0 aliphatic heterocycles. The van der Waals surface area contributed by atoms with Gasteiger partial charge < -0.3 is 9.84 Å². The lowest BCUT2D eigenvalue weighted by molar-refractivity contribution is 0.0697. The van der Waals surface area contributed by atoms with E-state index in [2.05, 4.69) is 0 Å². The first-order valence-corrected chi connectivity index (χ1v) is 6.11. The molecule has 0 aliphatic carbocycles. The minimum atomic E-state index is -0.978. The molecule has 0 saturated carbocycles. The van der Waals surface area contributed by atoms with Gasteiger partial charge in [0.15, 0.2) is 4.88 Å². The summed E-state index contributed by atoms with van der Waals surface area (Å²) in [6, 6.07) is 8.95. The van der Waals surface area contributed by atoms with Crippen molar-refractivity contribution in [3.05, 3.63) is 51.2 Å². The Bertz CT molecular complexity index is 536. The molecule has 0 fully saturated rings. The Balaban J connectivity index is 2.10. The van der Waals surface area contributed by atoms with Crippen LogP contribution in [-0.4, -0.2) is 11.1 Å². The van der Waals surface area contributed by atoms with Crippen molar-refractivity contribution in [1.82, 2.24) is 0 Å². The van der Waals surface area contributed by atoms with Crippen LogP contribution < -0.4 is 4.74 Å². The minimum Gasteiger partial charge on any atom is -0.487 e. The van der Waals surface area contributed by atoms with E-state index in [4.69, 9.17) is 21.4 Å². The number of hydrogen-bond acceptors (Lipinski definition) is 3. The van der Waals surface area contributed by atoms with Gasteiger partial charge in [0.25, 0.3) is 0 Å². The van der Waals surface area contributed by atoms with Gasteiger partial charge in [0.2, 0.25) is 0 Å². The van der Waals surface area contributed by atoms with Crippen molar-refractivity contribution in [3.8, 4) is 5.75 Å². The third-order valence-corrected chi connectivity index (χ3v) is 3.42. The van der Waals surface area contributed by atoms with E-state index in [1.807, 2.05) is 18.2 Å². The second-order valence-electron chi connectivity index (χ2n) is 3.30. The van der Waals surface area contributed by atoms with Gasteiger partial charge in [-0.15, -0.1) is 11.3 Å². The lowest BCUT2D eigenvalue weighted by Crippen LogP contribution is -2.00. The first-order valence-electron chi connectivity index (χ1n) is 4.85. The maximum atomic E-state index is 10.9. The minimum absolute atomic E-state index is 0.206. The average Bonchev–Trinajstić information content (AvgIpc) is 2.76. The number of carbonyl (C=O) groups is 1. The Morgan fingerprint density at radius 1 is 1.35 bits per heavy atom. The molecule has 88 valence electrons. The van der Waals surface area contributed by atoms with E-state index in [1.165, 1.54) is 0 Å². The second kappa shape index (κ2) is 5.21. The van der Waals surface area contributed by atoms with Crippen LogP contribution in [0.15, 0.2) is 35.7 Å². The highest BCUT2D eigenvalue weighted by Gasteiger charge is 2.13. The summed E-state index contributed by atoms with van der Waals surface area (Å²) in [5, 5.41) is 11.2. The zero-order chi connectivity index (χ0) is 12.3. The van der Waals surface area contributed by atoms with E-state index in [1.54, 1.807) is 17.5 Å². The van der Waals surface area contributed by atoms with Gasteiger partial charge in [-0.25, -0.2) is 4.79 Å². The summed E-state index contributed by atoms with van der Waals surface area (Å²) in [6.45, 7) is 0.261. The van der Waals surface area contributed by atoms with E-state index in [0.29, 0.717) is 10.8 Å². The van der Waals surface area contributed by atoms with Gasteiger partial charge in [-0.3, -0.25) is 0 Å². The predicted octanol–water partition coefficient (Wildman–Crippen LogP) is 3.68. The number of ether oxygens (including phenoxy) is 1. The molecule has 2 rings (SSSR count). The smallest absolute Gasteiger partial charge is 0.349 e. The lowest BCUT2D eigenvalue weighted by atomic mass is 10.2. The molecule has 0 atom stereocenters. The molecule has 0 spiro atoms. The van der Waals surface area contributed by atoms with Crippen LogP contribution in [0.2, 0.25) is 5.02 Å². The number of benzene rings is 1. The van der Waals surface area contributed by atoms with Crippen molar-refractivity contribution in [2.75, 3.05) is 0 Å². The Labute approximate surface area is 107 Å². The number of rotatable bonds is 4. The summed E-state index contributed by atoms with van der Waals surface area (Å²) < 4.78 is 5.45. The fraction of sp³-hybridized carbons (Fsp3) is 0.0833. The van der Waals surface area contributed by atoms with Crippen LogP contribution in [0.1, 0.15) is 15.2 Å². The van der Waals surface area contributed by atoms with Crippen molar-refractivity contribution >= 4 is 28.9 Å². The van der Waals surface area contributed by atoms with Crippen LogP contribution >= 0.6 is 22.9 Å². The van der Waals surface area contributed by atoms with E-state index >= 15 is 0 Å². The van der Waals surface area contributed by atoms with Crippen molar-refractivity contribution in [3.63, 3.8) is 0 Å². The molecular formula is C12H9ClO3S. The lowest BCUT2D eigenvalue weighted by Gasteiger charge is -2.06. The molecule has 0 amide bonds. The van der Waals surface area contributed by atoms with Crippen LogP contribution in [0, 0.1) is 0 Å². The molecule has 1 aromatic heterocycles. The largest absolute Gasteiger partial charge is 0.487 e. The number of hydrogen-bond donors (Lipinski definition) is 1. The van der Waals surface area contributed by atoms with Crippen LogP contribution in [0.4, 0.5) is 0 Å². The predicted molar refractivity (Wildman–Crippen MR) is 67.1 cm³/mol. The number of aromatic carboxylic acids is 1. The highest BCUT2D eigenvalue weighted by atomic mass is 35.5. The van der Waals surface area contributed by atoms with Crippen molar-refractivity contribution in [2.24, 2.45) is 0 Å². The maximum absolute atomic E-state index is 10.9. The van der Waals surface area contributed by atoms with Crippen LogP contribution in [0.5, 0.6) is 5.75 Å². The Kier molecular flexibility index (Phi) is 3.66. The van der Waals surface area contributed by atoms with E-state index < -0.39 is 5.97 Å². The molecular weight excluding hydrogens is 260 g/mol. The van der Waals surface area contributed by atoms with Crippen LogP contribution in [-0.2, 0) is 6.61 Å². The monoisotopic (exact) mass is 268 g/mol. The zero-order valence-electron chi connectivity index (χ0n) is 8.72. The highest BCUT2D eigenvalue weighted by molar-refractivity contribution is 7.12. The third kappa shape index (κ3) is 2.78. The first-order chi connectivity index (χ1) is 8.18. The molecule has 0 aliphatic rings. The van der Waals surface area contributed by atoms with E-state index in [9.17, 15) is 4.79 Å². The normalized spacial score (nSPS) is 10.2. The highest BCUT2D eigenvalue weighted by Crippen LogP contribution is 2.26. The topological polar surface area (TPSA) is 46.5 Å². The molecule has 0 unspecified atom stereocenters. The number of carboxylic acid groups (broad SMARTS) is 1. The summed E-state index contributed by atoms with van der Waals surface area (Å²) >= 11 is 7.11. The molecule has 0 saturated heterocycles. The van der Waals surface area contributed by atoms with Gasteiger partial charge in [0.05, 0.1) is 0 Å². The summed E-state index contributed by atoms with van der Waals surface area (Å²) in [4.78, 5) is 11.1. The van der Waals surface area contributed by atoms with Gasteiger partial charge >= 0.3 is 5.97 Å². The first kappa shape index (κ1) is 12.0. The summed E-state index contributed by atoms with van der Waals surface area (Å²) in [7, 11) is 0. The van der Waals surface area contributed by atoms with Gasteiger partial charge in [-0.1, -0.05) is 29.8 Å². The van der Waals surface area contributed by atoms with Gasteiger partial charge in [0.1, 0.15) is 12.4 Å². The molecule has 0 bridgehead atoms. The van der Waals surface area contributed by atoms with Gasteiger partial charge in [-0.05, 0) is 17.5 Å². The summed E-state index contributed by atoms with van der Waals surface area (Å²) in [5.41, 5.74) is 0.830. The van der Waals surface area contributed by atoms with Crippen molar-refractivity contribution in [1.29, 1.82) is 0 Å². The average molecular weight is 269 g/mol. The molecule has 1 aromatic carbocycles.